The number of nitrogens with zero attached hydrogens (tertiary/aromatic N) is 1. The molecule has 1 unspecified atom stereocenters. The molecule has 292 valence electrons. The van der Waals surface area contributed by atoms with Crippen LogP contribution in [-0.4, -0.2) is 72.3 Å². The molecule has 0 heterocycles. The average molecular weight is 710 g/mol. The number of esters is 3. The van der Waals surface area contributed by atoms with Gasteiger partial charge in [0, 0.05) is 28.2 Å². The first-order valence-electron chi connectivity index (χ1n) is 18.2. The molecule has 9 heteroatoms. The highest BCUT2D eigenvalue weighted by atomic mass is 16.6. The van der Waals surface area contributed by atoms with Crippen molar-refractivity contribution in [1.82, 2.24) is 4.90 Å². The third kappa shape index (κ3) is 16.8. The van der Waals surface area contributed by atoms with E-state index >= 15 is 0 Å². The molecule has 0 aromatic carbocycles. The molecular weight excluding hydrogens is 634 g/mol. The highest BCUT2D eigenvalue weighted by Crippen LogP contribution is 2.39. The highest BCUT2D eigenvalue weighted by Gasteiger charge is 2.45. The predicted molar refractivity (Wildman–Crippen MR) is 201 cm³/mol. The van der Waals surface area contributed by atoms with Crippen molar-refractivity contribution in [2.75, 3.05) is 20.7 Å². The quantitative estimate of drug-likeness (QED) is 0.0737. The predicted octanol–water partition coefficient (Wildman–Crippen LogP) is 8.78. The average Bonchev–Trinajstić information content (AvgIpc) is 2.82. The molecule has 0 aliphatic heterocycles. The van der Waals surface area contributed by atoms with Crippen molar-refractivity contribution in [3.05, 3.63) is 0 Å². The largest absolute Gasteiger partial charge is 0.465 e. The van der Waals surface area contributed by atoms with Crippen molar-refractivity contribution >= 4 is 29.5 Å². The first-order valence-corrected chi connectivity index (χ1v) is 18.2. The Morgan fingerprint density at radius 3 is 1.34 bits per heavy atom. The lowest BCUT2D eigenvalue weighted by molar-refractivity contribution is -0.180. The lowest BCUT2D eigenvalue weighted by atomic mass is 9.73. The van der Waals surface area contributed by atoms with E-state index in [-0.39, 0.29) is 53.8 Å². The maximum Gasteiger partial charge on any atom is 0.313 e. The monoisotopic (exact) mass is 710 g/mol. The summed E-state index contributed by atoms with van der Waals surface area (Å²) >= 11 is 0. The van der Waals surface area contributed by atoms with Gasteiger partial charge in [-0.05, 0) is 85.7 Å². The van der Waals surface area contributed by atoms with Crippen LogP contribution in [0.3, 0.4) is 0 Å². The Bertz CT molecular complexity index is 1210. The summed E-state index contributed by atoms with van der Waals surface area (Å²) in [7, 11) is 3.92. The van der Waals surface area contributed by atoms with Crippen LogP contribution < -0.4 is 0 Å². The summed E-state index contributed by atoms with van der Waals surface area (Å²) in [5.41, 5.74) is -4.86. The van der Waals surface area contributed by atoms with E-state index in [2.05, 4.69) is 60.3 Å². The molecule has 0 fully saturated rings. The first-order chi connectivity index (χ1) is 21.8. The van der Waals surface area contributed by atoms with Gasteiger partial charge in [0.15, 0.2) is 0 Å². The summed E-state index contributed by atoms with van der Waals surface area (Å²) < 4.78 is 17.8. The molecule has 0 aliphatic carbocycles. The third-order valence-corrected chi connectivity index (χ3v) is 9.50. The van der Waals surface area contributed by atoms with Crippen molar-refractivity contribution in [3.8, 4) is 0 Å². The van der Waals surface area contributed by atoms with E-state index in [1.165, 1.54) is 0 Å². The van der Waals surface area contributed by atoms with Gasteiger partial charge in [-0.25, -0.2) is 0 Å². The Morgan fingerprint density at radius 2 is 0.960 bits per heavy atom. The van der Waals surface area contributed by atoms with Crippen LogP contribution >= 0.6 is 0 Å². The maximum absolute atomic E-state index is 13.9. The van der Waals surface area contributed by atoms with Gasteiger partial charge >= 0.3 is 17.9 Å². The molecular formula is C41H75NO8. The van der Waals surface area contributed by atoms with Gasteiger partial charge in [0.1, 0.15) is 36.1 Å². The van der Waals surface area contributed by atoms with E-state index in [0.29, 0.717) is 19.3 Å². The van der Waals surface area contributed by atoms with Crippen LogP contribution in [0.15, 0.2) is 0 Å². The zero-order valence-corrected chi connectivity index (χ0v) is 35.7. The Labute approximate surface area is 305 Å². The summed E-state index contributed by atoms with van der Waals surface area (Å²) in [6.45, 7) is 34.4. The maximum atomic E-state index is 13.9. The molecule has 0 aliphatic rings. The van der Waals surface area contributed by atoms with E-state index in [1.54, 1.807) is 13.8 Å². The van der Waals surface area contributed by atoms with E-state index in [1.807, 2.05) is 69.5 Å². The smallest absolute Gasteiger partial charge is 0.313 e. The molecule has 0 bridgehead atoms. The molecule has 0 aromatic heterocycles. The van der Waals surface area contributed by atoms with Crippen LogP contribution in [0.1, 0.15) is 163 Å². The normalized spacial score (nSPS) is 14.7. The second-order valence-electron chi connectivity index (χ2n) is 21.2. The second-order valence-corrected chi connectivity index (χ2v) is 21.2. The second kappa shape index (κ2) is 16.6. The lowest BCUT2D eigenvalue weighted by Crippen LogP contribution is -2.48. The summed E-state index contributed by atoms with van der Waals surface area (Å²) in [5.74, 6) is -2.13. The van der Waals surface area contributed by atoms with Crippen LogP contribution in [0, 0.1) is 32.5 Å². The molecule has 0 aromatic rings. The zero-order chi connectivity index (χ0) is 40.1. The molecule has 0 spiro atoms. The zero-order valence-electron chi connectivity index (χ0n) is 35.7. The number of Topliss-reactive ketones (excluding diaryl/α,β-unsaturated/α-hetero) is 2. The standard InChI is InChI=1S/C41H75NO8/c1-34(2,3)24-36(7,8)28(43)21-31(45)48-27-39(13,14)30(49-33(47)38(11,12)26-40(15,16)42(19)20)23-41(17,18)50-32(46)22-29(44)37(9,10)25-35(4,5)6/h30H,21-27H2,1-20H3. The minimum Gasteiger partial charge on any atom is -0.465 e. The van der Waals surface area contributed by atoms with Crippen molar-refractivity contribution < 1.29 is 38.2 Å². The lowest BCUT2D eigenvalue weighted by Gasteiger charge is -2.42. The van der Waals surface area contributed by atoms with Crippen molar-refractivity contribution in [2.45, 2.75) is 180 Å². The minimum atomic E-state index is -1.14. The van der Waals surface area contributed by atoms with Crippen LogP contribution in [0.25, 0.3) is 0 Å². The first kappa shape index (κ1) is 47.7. The Hall–Kier alpha value is -2.29. The fourth-order valence-corrected chi connectivity index (χ4v) is 6.91. The number of carbonyl (C=O) groups is 5. The molecule has 1 atom stereocenters. The number of rotatable bonds is 19. The van der Waals surface area contributed by atoms with Gasteiger partial charge in [-0.3, -0.25) is 24.0 Å². The highest BCUT2D eigenvalue weighted by molar-refractivity contribution is 5.99. The van der Waals surface area contributed by atoms with Crippen LogP contribution in [-0.2, 0) is 38.2 Å². The summed E-state index contributed by atoms with van der Waals surface area (Å²) in [5, 5.41) is 0. The molecule has 50 heavy (non-hydrogen) atoms. The molecule has 0 saturated heterocycles. The molecule has 0 amide bonds. The number of ketones is 2. The third-order valence-electron chi connectivity index (χ3n) is 9.50. The molecule has 0 radical (unpaired) electrons. The summed E-state index contributed by atoms with van der Waals surface area (Å²) in [6, 6.07) is 0. The topological polar surface area (TPSA) is 116 Å². The molecule has 0 rings (SSSR count). The van der Waals surface area contributed by atoms with Crippen LogP contribution in [0.4, 0.5) is 0 Å². The van der Waals surface area contributed by atoms with Crippen LogP contribution in [0.5, 0.6) is 0 Å². The van der Waals surface area contributed by atoms with Gasteiger partial charge in [0.05, 0.1) is 12.0 Å². The van der Waals surface area contributed by atoms with Crippen molar-refractivity contribution in [1.29, 1.82) is 0 Å². The Kier molecular flexibility index (Phi) is 15.8. The molecule has 9 nitrogen and oxygen atoms in total. The Morgan fingerprint density at radius 1 is 0.560 bits per heavy atom. The number of hydrogen-bond acceptors (Lipinski definition) is 9. The van der Waals surface area contributed by atoms with Gasteiger partial charge in [0.25, 0.3) is 0 Å². The van der Waals surface area contributed by atoms with Gasteiger partial charge < -0.3 is 19.1 Å². The number of hydrogen-bond donors (Lipinski definition) is 0. The van der Waals surface area contributed by atoms with Gasteiger partial charge in [-0.15, -0.1) is 0 Å². The van der Waals surface area contributed by atoms with E-state index in [4.69, 9.17) is 14.2 Å². The minimum absolute atomic E-state index is 0.0826. The van der Waals surface area contributed by atoms with E-state index < -0.39 is 51.3 Å². The van der Waals surface area contributed by atoms with Gasteiger partial charge in [0.2, 0.25) is 0 Å². The van der Waals surface area contributed by atoms with E-state index in [9.17, 15) is 24.0 Å². The molecule has 0 saturated carbocycles. The number of ether oxygens (including phenoxy) is 3. The molecule has 0 N–H and O–H groups in total. The number of carbonyl (C=O) groups excluding carboxylic acids is 5. The van der Waals surface area contributed by atoms with Crippen molar-refractivity contribution in [2.24, 2.45) is 32.5 Å². The fourth-order valence-electron chi connectivity index (χ4n) is 6.91. The summed E-state index contributed by atoms with van der Waals surface area (Å²) in [6.07, 6.45) is 0.228. The van der Waals surface area contributed by atoms with E-state index in [0.717, 1.165) is 0 Å². The van der Waals surface area contributed by atoms with Crippen molar-refractivity contribution in [3.63, 3.8) is 0 Å². The van der Waals surface area contributed by atoms with Gasteiger partial charge in [-0.1, -0.05) is 83.1 Å². The SMILES string of the molecule is CN(C)C(C)(C)CC(C)(C)C(=O)OC(CC(C)(C)OC(=O)CC(=O)C(C)(C)CC(C)(C)C)C(C)(C)COC(=O)CC(=O)C(C)(C)CC(C)(C)C. The van der Waals surface area contributed by atoms with Crippen LogP contribution in [0.2, 0.25) is 0 Å². The van der Waals surface area contributed by atoms with Gasteiger partial charge in [-0.2, -0.15) is 0 Å². The fraction of sp³-hybridized carbons (Fsp3) is 0.878. The Balaban J connectivity index is 6.20. The summed E-state index contributed by atoms with van der Waals surface area (Å²) in [4.78, 5) is 68.3.